The van der Waals surface area contributed by atoms with Crippen molar-refractivity contribution in [2.45, 2.75) is 45.3 Å². The molecule has 0 aromatic heterocycles. The lowest BCUT2D eigenvalue weighted by Crippen LogP contribution is -2.56. The lowest BCUT2D eigenvalue weighted by atomic mass is 10.0. The highest BCUT2D eigenvalue weighted by Crippen LogP contribution is 2.34. The van der Waals surface area contributed by atoms with Gasteiger partial charge in [-0.05, 0) is 50.6 Å². The van der Waals surface area contributed by atoms with E-state index in [1.807, 2.05) is 51.1 Å². The normalized spacial score (nSPS) is 12.3. The Morgan fingerprint density at radius 1 is 0.930 bits per heavy atom. The Balaban J connectivity index is 2.16. The standard InChI is InChI=1S/C31H37Cl2N3O6S/c1-31(2,3)34-30(38)27(17-21-11-8-7-9-12-21)35(19-23-24(32)13-10-14-25(23)33)29(37)20-36(43(6,39)40)26-16-15-22(41-4)18-28(26)42-5/h7-16,18,27H,17,19-20H2,1-6H3,(H,34,38)/t27-/m1/s1. The average molecular weight is 651 g/mol. The second-order valence-corrected chi connectivity index (χ2v) is 13.7. The number of hydrogen-bond donors (Lipinski definition) is 1. The van der Waals surface area contributed by atoms with Gasteiger partial charge < -0.3 is 19.7 Å². The Morgan fingerprint density at radius 3 is 2.09 bits per heavy atom. The maximum Gasteiger partial charge on any atom is 0.244 e. The summed E-state index contributed by atoms with van der Waals surface area (Å²) in [6, 6.07) is 17.7. The predicted molar refractivity (Wildman–Crippen MR) is 171 cm³/mol. The van der Waals surface area contributed by atoms with Crippen LogP contribution in [0.2, 0.25) is 10.0 Å². The molecule has 0 heterocycles. The quantitative estimate of drug-likeness (QED) is 0.284. The molecular formula is C31H37Cl2N3O6S. The molecule has 232 valence electrons. The van der Waals surface area contributed by atoms with Crippen LogP contribution in [-0.2, 0) is 32.6 Å². The van der Waals surface area contributed by atoms with E-state index in [4.69, 9.17) is 32.7 Å². The summed E-state index contributed by atoms with van der Waals surface area (Å²) in [5, 5.41) is 3.58. The van der Waals surface area contributed by atoms with Crippen LogP contribution in [0.1, 0.15) is 31.9 Å². The summed E-state index contributed by atoms with van der Waals surface area (Å²) in [4.78, 5) is 29.5. The molecule has 0 radical (unpaired) electrons. The second-order valence-electron chi connectivity index (χ2n) is 11.0. The molecule has 2 amide bonds. The van der Waals surface area contributed by atoms with Gasteiger partial charge in [0.05, 0.1) is 26.2 Å². The Kier molecular flexibility index (Phi) is 11.3. The van der Waals surface area contributed by atoms with E-state index in [0.717, 1.165) is 16.1 Å². The van der Waals surface area contributed by atoms with E-state index in [1.165, 1.54) is 31.3 Å². The molecule has 0 fully saturated rings. The number of halogens is 2. The van der Waals surface area contributed by atoms with Crippen molar-refractivity contribution in [3.05, 3.63) is 87.9 Å². The average Bonchev–Trinajstić information content (AvgIpc) is 2.93. The van der Waals surface area contributed by atoms with E-state index in [2.05, 4.69) is 5.32 Å². The van der Waals surface area contributed by atoms with Crippen molar-refractivity contribution in [2.24, 2.45) is 0 Å². The lowest BCUT2D eigenvalue weighted by molar-refractivity contribution is -0.140. The molecule has 1 N–H and O–H groups in total. The SMILES string of the molecule is COc1ccc(N(CC(=O)N(Cc2c(Cl)cccc2Cl)[C@H](Cc2ccccc2)C(=O)NC(C)(C)C)S(C)(=O)=O)c(OC)c1. The van der Waals surface area contributed by atoms with Gasteiger partial charge >= 0.3 is 0 Å². The molecule has 3 rings (SSSR count). The molecule has 0 aliphatic heterocycles. The van der Waals surface area contributed by atoms with E-state index in [9.17, 15) is 18.0 Å². The highest BCUT2D eigenvalue weighted by Gasteiger charge is 2.35. The van der Waals surface area contributed by atoms with Crippen molar-refractivity contribution in [1.82, 2.24) is 10.2 Å². The van der Waals surface area contributed by atoms with Crippen molar-refractivity contribution in [3.8, 4) is 11.5 Å². The second kappa shape index (κ2) is 14.3. The van der Waals surface area contributed by atoms with Gasteiger partial charge in [-0.2, -0.15) is 0 Å². The van der Waals surface area contributed by atoms with Crippen molar-refractivity contribution in [2.75, 3.05) is 31.3 Å². The third-order valence-corrected chi connectivity index (χ3v) is 8.33. The molecule has 0 saturated heterocycles. The number of hydrogen-bond acceptors (Lipinski definition) is 6. The number of methoxy groups -OCH3 is 2. The van der Waals surface area contributed by atoms with Gasteiger partial charge in [0, 0.05) is 40.2 Å². The molecule has 9 nitrogen and oxygen atoms in total. The highest BCUT2D eigenvalue weighted by molar-refractivity contribution is 7.92. The summed E-state index contributed by atoms with van der Waals surface area (Å²) < 4.78 is 37.8. The molecular weight excluding hydrogens is 613 g/mol. The van der Waals surface area contributed by atoms with Crippen molar-refractivity contribution in [3.63, 3.8) is 0 Å². The minimum atomic E-state index is -4.01. The summed E-state index contributed by atoms with van der Waals surface area (Å²) in [5.41, 5.74) is 0.747. The van der Waals surface area contributed by atoms with E-state index in [1.54, 1.807) is 24.3 Å². The van der Waals surface area contributed by atoms with E-state index in [0.29, 0.717) is 21.4 Å². The van der Waals surface area contributed by atoms with Crippen LogP contribution in [0.15, 0.2) is 66.7 Å². The van der Waals surface area contributed by atoms with Crippen LogP contribution >= 0.6 is 23.2 Å². The Bertz CT molecular complexity index is 1520. The molecule has 3 aromatic carbocycles. The zero-order chi connectivity index (χ0) is 31.9. The van der Waals surface area contributed by atoms with Gasteiger partial charge in [0.15, 0.2) is 0 Å². The first kappa shape index (κ1) is 34.0. The molecule has 3 aromatic rings. The van der Waals surface area contributed by atoms with Gasteiger partial charge in [0.1, 0.15) is 24.1 Å². The zero-order valence-electron chi connectivity index (χ0n) is 25.1. The number of rotatable bonds is 12. The van der Waals surface area contributed by atoms with Crippen LogP contribution < -0.4 is 19.1 Å². The summed E-state index contributed by atoms with van der Waals surface area (Å²) in [6.07, 6.45) is 1.15. The molecule has 0 aliphatic rings. The molecule has 0 bridgehead atoms. The zero-order valence-corrected chi connectivity index (χ0v) is 27.4. The van der Waals surface area contributed by atoms with Gasteiger partial charge in [-0.1, -0.05) is 59.6 Å². The van der Waals surface area contributed by atoms with Crippen molar-refractivity contribution >= 4 is 50.7 Å². The molecule has 0 unspecified atom stereocenters. The summed E-state index contributed by atoms with van der Waals surface area (Å²) in [6.45, 7) is 4.73. The summed E-state index contributed by atoms with van der Waals surface area (Å²) in [5.74, 6) is -0.438. The number of carbonyl (C=O) groups is 2. The first-order chi connectivity index (χ1) is 20.1. The predicted octanol–water partition coefficient (Wildman–Crippen LogP) is 5.33. The van der Waals surface area contributed by atoms with Crippen molar-refractivity contribution in [1.29, 1.82) is 0 Å². The third-order valence-electron chi connectivity index (χ3n) is 6.49. The fraction of sp³-hybridized carbons (Fsp3) is 0.355. The molecule has 0 spiro atoms. The fourth-order valence-electron chi connectivity index (χ4n) is 4.45. The number of amides is 2. The summed E-state index contributed by atoms with van der Waals surface area (Å²) in [7, 11) is -1.15. The molecule has 0 aliphatic carbocycles. The fourth-order valence-corrected chi connectivity index (χ4v) is 5.82. The first-order valence-corrected chi connectivity index (χ1v) is 16.0. The molecule has 12 heteroatoms. The van der Waals surface area contributed by atoms with Gasteiger partial charge in [0.25, 0.3) is 0 Å². The largest absolute Gasteiger partial charge is 0.497 e. The number of carbonyl (C=O) groups excluding carboxylic acids is 2. The maximum absolute atomic E-state index is 14.3. The van der Waals surface area contributed by atoms with Crippen LogP contribution in [-0.4, -0.2) is 63.7 Å². The number of ether oxygens (including phenoxy) is 2. The minimum Gasteiger partial charge on any atom is -0.497 e. The van der Waals surface area contributed by atoms with E-state index in [-0.39, 0.29) is 24.4 Å². The van der Waals surface area contributed by atoms with Gasteiger partial charge in [-0.3, -0.25) is 13.9 Å². The molecule has 43 heavy (non-hydrogen) atoms. The lowest BCUT2D eigenvalue weighted by Gasteiger charge is -2.35. The number of nitrogens with zero attached hydrogens (tertiary/aromatic N) is 2. The molecule has 1 atom stereocenters. The van der Waals surface area contributed by atoms with Crippen LogP contribution in [0.3, 0.4) is 0 Å². The monoisotopic (exact) mass is 649 g/mol. The van der Waals surface area contributed by atoms with Crippen LogP contribution in [0.25, 0.3) is 0 Å². The van der Waals surface area contributed by atoms with Crippen LogP contribution in [0.5, 0.6) is 11.5 Å². The Morgan fingerprint density at radius 2 is 1.56 bits per heavy atom. The van der Waals surface area contributed by atoms with Crippen LogP contribution in [0, 0.1) is 0 Å². The third kappa shape index (κ3) is 9.26. The number of anilines is 1. The maximum atomic E-state index is 14.3. The number of nitrogens with one attached hydrogen (secondary N) is 1. The topological polar surface area (TPSA) is 105 Å². The van der Waals surface area contributed by atoms with Crippen molar-refractivity contribution < 1.29 is 27.5 Å². The molecule has 0 saturated carbocycles. The first-order valence-electron chi connectivity index (χ1n) is 13.4. The summed E-state index contributed by atoms with van der Waals surface area (Å²) >= 11 is 13.0. The smallest absolute Gasteiger partial charge is 0.244 e. The Labute approximate surface area is 263 Å². The number of benzene rings is 3. The van der Waals surface area contributed by atoms with E-state index >= 15 is 0 Å². The number of sulfonamides is 1. The van der Waals surface area contributed by atoms with Gasteiger partial charge in [-0.15, -0.1) is 0 Å². The minimum absolute atomic E-state index is 0.133. The highest BCUT2D eigenvalue weighted by atomic mass is 35.5. The van der Waals surface area contributed by atoms with Gasteiger partial charge in [-0.25, -0.2) is 8.42 Å². The van der Waals surface area contributed by atoms with Crippen LogP contribution in [0.4, 0.5) is 5.69 Å². The Hall–Kier alpha value is -3.47. The van der Waals surface area contributed by atoms with Gasteiger partial charge in [0.2, 0.25) is 21.8 Å². The van der Waals surface area contributed by atoms with E-state index < -0.39 is 40.0 Å².